The topological polar surface area (TPSA) is 98.4 Å². The molecule has 0 atom stereocenters. The van der Waals surface area contributed by atoms with Gasteiger partial charge in [-0.15, -0.1) is 0 Å². The van der Waals surface area contributed by atoms with Crippen LogP contribution in [0.5, 0.6) is 23.0 Å². The van der Waals surface area contributed by atoms with E-state index in [1.165, 1.54) is 30.2 Å². The number of hydrogen-bond donors (Lipinski definition) is 1. The second kappa shape index (κ2) is 11.0. The van der Waals surface area contributed by atoms with Crippen LogP contribution in [0.1, 0.15) is 51.7 Å². The molecule has 0 saturated heterocycles. The van der Waals surface area contributed by atoms with Gasteiger partial charge in [-0.1, -0.05) is 17.7 Å². The minimum absolute atomic E-state index is 0.0103. The van der Waals surface area contributed by atoms with E-state index in [4.69, 9.17) is 18.6 Å². The van der Waals surface area contributed by atoms with Crippen molar-refractivity contribution in [3.8, 4) is 23.0 Å². The minimum atomic E-state index is -0.717. The summed E-state index contributed by atoms with van der Waals surface area (Å²) in [6, 6.07) is 8.83. The summed E-state index contributed by atoms with van der Waals surface area (Å²) in [7, 11) is 1.43. The van der Waals surface area contributed by atoms with E-state index in [9.17, 15) is 19.1 Å². The Hall–Kier alpha value is -4.79. The van der Waals surface area contributed by atoms with Gasteiger partial charge in [-0.25, -0.2) is 9.18 Å². The third-order valence-corrected chi connectivity index (χ3v) is 7.87. The van der Waals surface area contributed by atoms with Gasteiger partial charge in [0.2, 0.25) is 5.43 Å². The molecule has 0 radical (unpaired) electrons. The number of phenolic OH excluding ortho intramolecular Hbond substituents is 1. The van der Waals surface area contributed by atoms with Gasteiger partial charge in [0.1, 0.15) is 39.5 Å². The Kier molecular flexibility index (Phi) is 7.35. The number of aromatic hydroxyl groups is 1. The zero-order valence-electron chi connectivity index (χ0n) is 25.3. The fourth-order valence-corrected chi connectivity index (χ4v) is 5.46. The van der Waals surface area contributed by atoms with Crippen LogP contribution < -0.4 is 24.5 Å². The van der Waals surface area contributed by atoms with Crippen molar-refractivity contribution in [2.75, 3.05) is 18.6 Å². The monoisotopic (exact) mass is 599 g/mol. The maximum Gasteiger partial charge on any atom is 0.419 e. The van der Waals surface area contributed by atoms with Gasteiger partial charge in [0.05, 0.1) is 18.1 Å². The van der Waals surface area contributed by atoms with Crippen molar-refractivity contribution in [2.24, 2.45) is 5.92 Å². The molecule has 2 aliphatic rings. The number of amides is 1. The van der Waals surface area contributed by atoms with E-state index in [0.717, 1.165) is 18.4 Å². The average molecular weight is 600 g/mol. The van der Waals surface area contributed by atoms with E-state index in [-0.39, 0.29) is 45.6 Å². The lowest BCUT2D eigenvalue weighted by molar-refractivity contribution is 0.158. The summed E-state index contributed by atoms with van der Waals surface area (Å²) in [6.45, 7) is 7.98. The quantitative estimate of drug-likeness (QED) is 0.170. The van der Waals surface area contributed by atoms with Gasteiger partial charge in [-0.05, 0) is 83.2 Å². The number of anilines is 1. The van der Waals surface area contributed by atoms with Crippen molar-refractivity contribution in [1.82, 2.24) is 0 Å². The number of carbonyl (C=O) groups excluding carboxylic acids is 1. The van der Waals surface area contributed by atoms with Crippen LogP contribution in [0.4, 0.5) is 14.9 Å². The highest BCUT2D eigenvalue weighted by Gasteiger charge is 2.31. The fraction of sp³-hybridized carbons (Fsp3) is 0.314. The SMILES string of the molecule is COc1c(OC(=O)N(CC2CC2)c2cccc(F)c2)cc2oc3cc4c(c(O)c3c(=O)c2c1CC=C(C)C)C=CC(C)(C)O4. The summed E-state index contributed by atoms with van der Waals surface area (Å²) < 4.78 is 38.1. The highest BCUT2D eigenvalue weighted by atomic mass is 19.1. The lowest BCUT2D eigenvalue weighted by Crippen LogP contribution is -2.35. The molecule has 1 saturated carbocycles. The summed E-state index contributed by atoms with van der Waals surface area (Å²) in [5, 5.41) is 11.5. The number of hydrogen-bond acceptors (Lipinski definition) is 7. The molecule has 228 valence electrons. The lowest BCUT2D eigenvalue weighted by Gasteiger charge is -2.28. The predicted molar refractivity (Wildman–Crippen MR) is 168 cm³/mol. The smallest absolute Gasteiger partial charge is 0.419 e. The van der Waals surface area contributed by atoms with Gasteiger partial charge in [0.15, 0.2) is 11.5 Å². The first kappa shape index (κ1) is 29.3. The van der Waals surface area contributed by atoms with Crippen LogP contribution >= 0.6 is 0 Å². The second-order valence-corrected chi connectivity index (χ2v) is 12.1. The molecule has 1 aliphatic heterocycles. The van der Waals surface area contributed by atoms with E-state index in [1.807, 2.05) is 39.8 Å². The van der Waals surface area contributed by atoms with Crippen molar-refractivity contribution in [3.63, 3.8) is 0 Å². The number of carbonyl (C=O) groups is 1. The zero-order chi connectivity index (χ0) is 31.3. The van der Waals surface area contributed by atoms with E-state index in [0.29, 0.717) is 35.0 Å². The maximum atomic E-state index is 14.1. The number of benzene rings is 3. The number of halogens is 1. The van der Waals surface area contributed by atoms with Gasteiger partial charge in [-0.3, -0.25) is 9.69 Å². The van der Waals surface area contributed by atoms with Crippen LogP contribution in [-0.2, 0) is 6.42 Å². The van der Waals surface area contributed by atoms with Crippen molar-refractivity contribution >= 4 is 39.8 Å². The van der Waals surface area contributed by atoms with Crippen molar-refractivity contribution in [3.05, 3.63) is 81.3 Å². The van der Waals surface area contributed by atoms with Crippen LogP contribution in [0.3, 0.4) is 0 Å². The maximum absolute atomic E-state index is 14.1. The number of rotatable bonds is 7. The average Bonchev–Trinajstić information content (AvgIpc) is 3.78. The molecule has 0 unspecified atom stereocenters. The third kappa shape index (κ3) is 5.50. The summed E-state index contributed by atoms with van der Waals surface area (Å²) in [4.78, 5) is 29.2. The third-order valence-electron chi connectivity index (χ3n) is 7.87. The molecule has 4 aromatic rings. The molecule has 1 aliphatic carbocycles. The molecule has 0 spiro atoms. The van der Waals surface area contributed by atoms with E-state index < -0.39 is 22.9 Å². The number of nitrogens with zero attached hydrogens (tertiary/aromatic N) is 1. The molecular weight excluding hydrogens is 565 g/mol. The van der Waals surface area contributed by atoms with Crippen molar-refractivity contribution in [2.45, 2.75) is 52.6 Å². The fourth-order valence-electron chi connectivity index (χ4n) is 5.46. The molecule has 0 bridgehead atoms. The summed E-state index contributed by atoms with van der Waals surface area (Å²) >= 11 is 0. The van der Waals surface area contributed by atoms with Gasteiger partial charge < -0.3 is 23.7 Å². The summed E-state index contributed by atoms with van der Waals surface area (Å²) in [5.74, 6) is 0.189. The van der Waals surface area contributed by atoms with Gasteiger partial charge in [0, 0.05) is 29.9 Å². The highest BCUT2D eigenvalue weighted by Crippen LogP contribution is 2.44. The van der Waals surface area contributed by atoms with Gasteiger partial charge in [0.25, 0.3) is 0 Å². The first-order valence-electron chi connectivity index (χ1n) is 14.6. The molecule has 2 heterocycles. The molecule has 9 heteroatoms. The Morgan fingerprint density at radius 3 is 2.59 bits per heavy atom. The van der Waals surface area contributed by atoms with Crippen LogP contribution in [0.15, 0.2) is 63.3 Å². The van der Waals surface area contributed by atoms with Crippen LogP contribution in [0, 0.1) is 11.7 Å². The zero-order valence-corrected chi connectivity index (χ0v) is 25.3. The molecule has 1 aromatic heterocycles. The standard InChI is InChI=1S/C35H34FNO7/c1-19(2)9-12-24-29-26(42-27-16-25-23(13-14-35(3,4)44-25)31(38)30(27)32(29)39)17-28(33(24)41-5)43-34(40)37(18-20-10-11-20)22-8-6-7-21(36)15-22/h6-9,13-17,20,38H,10-12,18H2,1-5H3. The minimum Gasteiger partial charge on any atom is -0.506 e. The van der Waals surface area contributed by atoms with Gasteiger partial charge >= 0.3 is 6.09 Å². The van der Waals surface area contributed by atoms with Crippen molar-refractivity contribution in [1.29, 1.82) is 0 Å². The number of ether oxygens (including phenoxy) is 3. The highest BCUT2D eigenvalue weighted by molar-refractivity contribution is 6.00. The number of allylic oxidation sites excluding steroid dienone is 2. The number of phenols is 1. The number of fused-ring (bicyclic) bond motifs is 3. The predicted octanol–water partition coefficient (Wildman–Crippen LogP) is 7.91. The van der Waals surface area contributed by atoms with Crippen molar-refractivity contribution < 1.29 is 32.9 Å². The lowest BCUT2D eigenvalue weighted by atomic mass is 9.97. The number of methoxy groups -OCH3 is 1. The van der Waals surface area contributed by atoms with Crippen LogP contribution in [0.2, 0.25) is 0 Å². The normalized spacial score (nSPS) is 15.0. The van der Waals surface area contributed by atoms with Crippen LogP contribution in [-0.4, -0.2) is 30.5 Å². The molecule has 44 heavy (non-hydrogen) atoms. The molecule has 6 rings (SSSR count). The van der Waals surface area contributed by atoms with Crippen LogP contribution in [0.25, 0.3) is 28.0 Å². The molecule has 1 amide bonds. The summed E-state index contributed by atoms with van der Waals surface area (Å²) in [5.41, 5.74) is 1.39. The Morgan fingerprint density at radius 1 is 1.16 bits per heavy atom. The molecular formula is C35H34FNO7. The second-order valence-electron chi connectivity index (χ2n) is 12.1. The molecule has 1 N–H and O–H groups in total. The molecule has 3 aromatic carbocycles. The van der Waals surface area contributed by atoms with E-state index in [1.54, 1.807) is 24.3 Å². The largest absolute Gasteiger partial charge is 0.506 e. The Bertz CT molecular complexity index is 1930. The molecule has 1 fully saturated rings. The Balaban J connectivity index is 1.54. The first-order chi connectivity index (χ1) is 21.0. The Labute approximate surface area is 253 Å². The van der Waals surface area contributed by atoms with Gasteiger partial charge in [-0.2, -0.15) is 0 Å². The molecule has 8 nitrogen and oxygen atoms in total. The summed E-state index contributed by atoms with van der Waals surface area (Å²) in [6.07, 6.45) is 6.95. The van der Waals surface area contributed by atoms with E-state index in [2.05, 4.69) is 0 Å². The Morgan fingerprint density at radius 2 is 1.91 bits per heavy atom. The first-order valence-corrected chi connectivity index (χ1v) is 14.6. The van der Waals surface area contributed by atoms with E-state index >= 15 is 0 Å².